The van der Waals surface area contributed by atoms with Gasteiger partial charge in [-0.05, 0) is 24.3 Å². The molecule has 0 unspecified atom stereocenters. The summed E-state index contributed by atoms with van der Waals surface area (Å²) >= 11 is 11.4. The first-order valence-electron chi connectivity index (χ1n) is 5.53. The fourth-order valence-electron chi connectivity index (χ4n) is 1.51. The van der Waals surface area contributed by atoms with Crippen molar-refractivity contribution in [3.8, 4) is 0 Å². The highest BCUT2D eigenvalue weighted by atomic mass is 35.5. The van der Waals surface area contributed by atoms with E-state index < -0.39 is 23.3 Å². The normalized spacial score (nSPS) is 10.2. The van der Waals surface area contributed by atoms with Crippen molar-refractivity contribution in [1.82, 2.24) is 4.98 Å². The van der Waals surface area contributed by atoms with Gasteiger partial charge in [0.05, 0.1) is 16.1 Å². The molecule has 1 aromatic heterocycles. The first kappa shape index (κ1) is 15.2. The molecular formula is C13H7Cl2FN2O3. The fraction of sp³-hybridized carbons (Fsp3) is 0. The summed E-state index contributed by atoms with van der Waals surface area (Å²) in [6, 6.07) is 4.55. The third kappa shape index (κ3) is 3.48. The van der Waals surface area contributed by atoms with Crippen LogP contribution in [0.4, 0.5) is 10.1 Å². The molecule has 1 heterocycles. The van der Waals surface area contributed by atoms with Crippen molar-refractivity contribution in [2.75, 3.05) is 5.32 Å². The Balaban J connectivity index is 2.21. The molecule has 8 heteroatoms. The Labute approximate surface area is 128 Å². The van der Waals surface area contributed by atoms with Gasteiger partial charge in [0.25, 0.3) is 5.91 Å². The van der Waals surface area contributed by atoms with Crippen LogP contribution in [0.2, 0.25) is 10.2 Å². The van der Waals surface area contributed by atoms with Gasteiger partial charge in [0.2, 0.25) is 0 Å². The molecule has 5 nitrogen and oxygen atoms in total. The molecule has 1 aromatic carbocycles. The fourth-order valence-corrected chi connectivity index (χ4v) is 1.78. The predicted octanol–water partition coefficient (Wildman–Crippen LogP) is 3.48. The molecule has 0 aliphatic carbocycles. The molecule has 2 rings (SSSR count). The molecule has 0 fully saturated rings. The molecular weight excluding hydrogens is 322 g/mol. The van der Waals surface area contributed by atoms with Gasteiger partial charge < -0.3 is 10.4 Å². The monoisotopic (exact) mass is 328 g/mol. The van der Waals surface area contributed by atoms with Crippen molar-refractivity contribution in [1.29, 1.82) is 0 Å². The average molecular weight is 329 g/mol. The van der Waals surface area contributed by atoms with Gasteiger partial charge in [-0.2, -0.15) is 0 Å². The summed E-state index contributed by atoms with van der Waals surface area (Å²) in [4.78, 5) is 26.3. The molecule has 0 aliphatic heterocycles. The Kier molecular flexibility index (Phi) is 4.40. The van der Waals surface area contributed by atoms with Crippen molar-refractivity contribution >= 4 is 40.8 Å². The first-order chi connectivity index (χ1) is 9.88. The molecule has 0 atom stereocenters. The zero-order chi connectivity index (χ0) is 15.6. The minimum absolute atomic E-state index is 0.0603. The van der Waals surface area contributed by atoms with Gasteiger partial charge in [0.1, 0.15) is 11.0 Å². The van der Waals surface area contributed by atoms with Crippen LogP contribution < -0.4 is 5.32 Å². The van der Waals surface area contributed by atoms with Crippen LogP contribution in [-0.2, 0) is 0 Å². The third-order valence-corrected chi connectivity index (χ3v) is 3.20. The summed E-state index contributed by atoms with van der Waals surface area (Å²) in [5.74, 6) is -2.92. The van der Waals surface area contributed by atoms with Crippen molar-refractivity contribution in [3.05, 3.63) is 57.6 Å². The van der Waals surface area contributed by atoms with Crippen molar-refractivity contribution in [2.24, 2.45) is 0 Å². The van der Waals surface area contributed by atoms with Gasteiger partial charge >= 0.3 is 5.97 Å². The molecule has 21 heavy (non-hydrogen) atoms. The van der Waals surface area contributed by atoms with Crippen LogP contribution >= 0.6 is 23.2 Å². The average Bonchev–Trinajstić information content (AvgIpc) is 2.41. The van der Waals surface area contributed by atoms with E-state index in [1.807, 2.05) is 0 Å². The maximum absolute atomic E-state index is 13.5. The van der Waals surface area contributed by atoms with E-state index >= 15 is 0 Å². The number of benzene rings is 1. The second kappa shape index (κ2) is 6.07. The summed E-state index contributed by atoms with van der Waals surface area (Å²) in [5, 5.41) is 11.3. The number of pyridine rings is 1. The van der Waals surface area contributed by atoms with E-state index in [2.05, 4.69) is 10.3 Å². The SMILES string of the molecule is O=C(Nc1ccc(C(=O)O)c(F)c1)c1cnc(Cl)c(Cl)c1. The molecule has 0 saturated carbocycles. The second-order valence-electron chi connectivity index (χ2n) is 3.95. The second-order valence-corrected chi connectivity index (χ2v) is 4.72. The van der Waals surface area contributed by atoms with Gasteiger partial charge in [0, 0.05) is 11.9 Å². The number of halogens is 3. The van der Waals surface area contributed by atoms with E-state index in [-0.39, 0.29) is 21.4 Å². The number of hydrogen-bond donors (Lipinski definition) is 2. The third-order valence-electron chi connectivity index (χ3n) is 2.52. The van der Waals surface area contributed by atoms with Crippen LogP contribution in [0, 0.1) is 5.82 Å². The Morgan fingerprint density at radius 2 is 1.95 bits per heavy atom. The Bertz CT molecular complexity index is 737. The number of aromatic carboxylic acids is 1. The van der Waals surface area contributed by atoms with Crippen LogP contribution in [0.1, 0.15) is 20.7 Å². The van der Waals surface area contributed by atoms with Crippen molar-refractivity contribution < 1.29 is 19.1 Å². The highest BCUT2D eigenvalue weighted by Crippen LogP contribution is 2.21. The van der Waals surface area contributed by atoms with E-state index in [1.54, 1.807) is 0 Å². The summed E-state index contributed by atoms with van der Waals surface area (Å²) in [5.41, 5.74) is -0.245. The molecule has 0 radical (unpaired) electrons. The smallest absolute Gasteiger partial charge is 0.338 e. The van der Waals surface area contributed by atoms with Crippen LogP contribution in [0.25, 0.3) is 0 Å². The number of nitrogens with one attached hydrogen (secondary N) is 1. The zero-order valence-corrected chi connectivity index (χ0v) is 11.7. The maximum Gasteiger partial charge on any atom is 0.338 e. The van der Waals surface area contributed by atoms with Gasteiger partial charge in [-0.25, -0.2) is 14.2 Å². The molecule has 2 aromatic rings. The number of carboxylic acids is 1. The number of carboxylic acid groups (broad SMARTS) is 1. The first-order valence-corrected chi connectivity index (χ1v) is 6.29. The number of anilines is 1. The minimum Gasteiger partial charge on any atom is -0.478 e. The Morgan fingerprint density at radius 3 is 2.52 bits per heavy atom. The van der Waals surface area contributed by atoms with E-state index in [0.29, 0.717) is 0 Å². The van der Waals surface area contributed by atoms with E-state index in [0.717, 1.165) is 12.1 Å². The lowest BCUT2D eigenvalue weighted by atomic mass is 10.2. The number of carbonyl (C=O) groups excluding carboxylic acids is 1. The van der Waals surface area contributed by atoms with Crippen LogP contribution in [0.3, 0.4) is 0 Å². The number of amides is 1. The predicted molar refractivity (Wildman–Crippen MR) is 75.6 cm³/mol. The van der Waals surface area contributed by atoms with Gasteiger partial charge in [-0.1, -0.05) is 23.2 Å². The highest BCUT2D eigenvalue weighted by molar-refractivity contribution is 6.41. The van der Waals surface area contributed by atoms with Gasteiger partial charge in [-0.3, -0.25) is 4.79 Å². The van der Waals surface area contributed by atoms with Crippen molar-refractivity contribution in [3.63, 3.8) is 0 Å². The topological polar surface area (TPSA) is 79.3 Å². The molecule has 108 valence electrons. The lowest BCUT2D eigenvalue weighted by Gasteiger charge is -2.07. The lowest BCUT2D eigenvalue weighted by Crippen LogP contribution is -2.13. The highest BCUT2D eigenvalue weighted by Gasteiger charge is 2.13. The standard InChI is InChI=1S/C13H7Cl2FN2O3/c14-9-3-6(5-17-11(9)15)12(19)18-7-1-2-8(13(20)21)10(16)4-7/h1-5H,(H,18,19)(H,20,21). The van der Waals surface area contributed by atoms with Crippen LogP contribution in [0.5, 0.6) is 0 Å². The summed E-state index contributed by atoms with van der Waals surface area (Å²) < 4.78 is 13.5. The molecule has 0 saturated heterocycles. The molecule has 1 amide bonds. The molecule has 0 aliphatic rings. The number of rotatable bonds is 3. The Hall–Kier alpha value is -2.18. The maximum atomic E-state index is 13.5. The van der Waals surface area contributed by atoms with Crippen molar-refractivity contribution in [2.45, 2.75) is 0 Å². The number of hydrogen-bond acceptors (Lipinski definition) is 3. The number of carbonyl (C=O) groups is 2. The lowest BCUT2D eigenvalue weighted by molar-refractivity contribution is 0.0692. The molecule has 2 N–H and O–H groups in total. The summed E-state index contributed by atoms with van der Waals surface area (Å²) in [7, 11) is 0. The van der Waals surface area contributed by atoms with E-state index in [4.69, 9.17) is 28.3 Å². The Morgan fingerprint density at radius 1 is 1.24 bits per heavy atom. The van der Waals surface area contributed by atoms with E-state index in [1.165, 1.54) is 18.3 Å². The molecule has 0 spiro atoms. The van der Waals surface area contributed by atoms with Crippen LogP contribution in [0.15, 0.2) is 30.5 Å². The quantitative estimate of drug-likeness (QED) is 0.845. The van der Waals surface area contributed by atoms with Crippen LogP contribution in [-0.4, -0.2) is 22.0 Å². The molecule has 0 bridgehead atoms. The van der Waals surface area contributed by atoms with Gasteiger partial charge in [0.15, 0.2) is 0 Å². The van der Waals surface area contributed by atoms with Gasteiger partial charge in [-0.15, -0.1) is 0 Å². The number of aromatic nitrogens is 1. The van der Waals surface area contributed by atoms with E-state index in [9.17, 15) is 14.0 Å². The number of nitrogens with zero attached hydrogens (tertiary/aromatic N) is 1. The summed E-state index contributed by atoms with van der Waals surface area (Å²) in [6.45, 7) is 0. The zero-order valence-electron chi connectivity index (χ0n) is 10.2. The summed E-state index contributed by atoms with van der Waals surface area (Å²) in [6.07, 6.45) is 1.21. The minimum atomic E-state index is -1.39. The largest absolute Gasteiger partial charge is 0.478 e.